The van der Waals surface area contributed by atoms with Gasteiger partial charge >= 0.3 is 5.97 Å². The van der Waals surface area contributed by atoms with Gasteiger partial charge in [-0.2, -0.15) is 15.0 Å². The van der Waals surface area contributed by atoms with Gasteiger partial charge in [0.2, 0.25) is 0 Å². The van der Waals surface area contributed by atoms with Crippen LogP contribution in [0, 0.1) is 18.3 Å². The van der Waals surface area contributed by atoms with E-state index in [0.29, 0.717) is 20.6 Å². The molecule has 0 aliphatic carbocycles. The predicted molar refractivity (Wildman–Crippen MR) is 117 cm³/mol. The smallest absolute Gasteiger partial charge is 0.357 e. The van der Waals surface area contributed by atoms with Gasteiger partial charge in [-0.3, -0.25) is 4.79 Å². The summed E-state index contributed by atoms with van der Waals surface area (Å²) in [5.74, 6) is -1.40. The van der Waals surface area contributed by atoms with Crippen LogP contribution in [0.2, 0.25) is 15.1 Å². The van der Waals surface area contributed by atoms with Crippen molar-refractivity contribution in [3.8, 4) is 11.8 Å². The van der Waals surface area contributed by atoms with Crippen LogP contribution in [0.4, 0.5) is 0 Å². The van der Waals surface area contributed by atoms with Gasteiger partial charge in [-0.05, 0) is 42.3 Å². The van der Waals surface area contributed by atoms with Crippen LogP contribution in [0.1, 0.15) is 32.7 Å². The van der Waals surface area contributed by atoms with Crippen molar-refractivity contribution in [2.24, 2.45) is 0 Å². The van der Waals surface area contributed by atoms with Gasteiger partial charge in [0.25, 0.3) is 5.56 Å². The van der Waals surface area contributed by atoms with Gasteiger partial charge in [0.05, 0.1) is 5.69 Å². The van der Waals surface area contributed by atoms with Gasteiger partial charge in [-0.25, -0.2) is 4.79 Å². The summed E-state index contributed by atoms with van der Waals surface area (Å²) in [4.78, 5) is 24.7. The first-order valence-electron chi connectivity index (χ1n) is 8.43. The number of benzene rings is 2. The third kappa shape index (κ3) is 4.24. The highest BCUT2D eigenvalue weighted by molar-refractivity contribution is 6.35. The molecule has 3 aromatic rings. The minimum Gasteiger partial charge on any atom is -0.476 e. The summed E-state index contributed by atoms with van der Waals surface area (Å²) in [5.41, 5.74) is -0.210. The maximum absolute atomic E-state index is 12.9. The number of carboxylic acids is 1. The summed E-state index contributed by atoms with van der Waals surface area (Å²) >= 11 is 18.1. The van der Waals surface area contributed by atoms with E-state index in [1.54, 1.807) is 37.3 Å². The Balaban J connectivity index is 2.23. The molecule has 0 amide bonds. The Morgan fingerprint density at radius 3 is 2.47 bits per heavy atom. The number of carboxylic acid groups (broad SMARTS) is 1. The monoisotopic (exact) mass is 459 g/mol. The summed E-state index contributed by atoms with van der Waals surface area (Å²) in [6.07, 6.45) is 2.80. The number of hydrogen-bond acceptors (Lipinski definition) is 4. The zero-order valence-corrected chi connectivity index (χ0v) is 17.6. The molecule has 6 nitrogen and oxygen atoms in total. The van der Waals surface area contributed by atoms with Crippen LogP contribution in [0.5, 0.6) is 0 Å². The van der Waals surface area contributed by atoms with Gasteiger partial charge in [0, 0.05) is 20.6 Å². The fourth-order valence-electron chi connectivity index (χ4n) is 2.67. The number of nitrogens with zero attached hydrogens (tertiary/aromatic N) is 3. The largest absolute Gasteiger partial charge is 0.476 e. The van der Waals surface area contributed by atoms with E-state index in [4.69, 9.17) is 34.8 Å². The highest BCUT2D eigenvalue weighted by Crippen LogP contribution is 2.24. The second kappa shape index (κ2) is 8.72. The van der Waals surface area contributed by atoms with Crippen LogP contribution in [0.3, 0.4) is 0 Å². The maximum Gasteiger partial charge on any atom is 0.357 e. The van der Waals surface area contributed by atoms with E-state index in [0.717, 1.165) is 10.2 Å². The molecule has 0 unspecified atom stereocenters. The summed E-state index contributed by atoms with van der Waals surface area (Å²) in [6, 6.07) is 11.2. The number of nitriles is 1. The first kappa shape index (κ1) is 21.6. The Hall–Kier alpha value is -3.11. The van der Waals surface area contributed by atoms with Crippen LogP contribution in [0.25, 0.3) is 17.8 Å². The lowest BCUT2D eigenvalue weighted by atomic mass is 10.1. The van der Waals surface area contributed by atoms with Crippen molar-refractivity contribution < 1.29 is 9.90 Å². The molecule has 0 atom stereocenters. The SMILES string of the molecule is Cc1ccc(-n2nc(C(=O)O)c(/C=C\c3ccc(Cl)cc3Cl)c(C#N)c2=O)cc1Cl. The molecule has 30 heavy (non-hydrogen) atoms. The third-order valence-electron chi connectivity index (χ3n) is 4.24. The lowest BCUT2D eigenvalue weighted by Gasteiger charge is -2.10. The molecule has 0 fully saturated rings. The van der Waals surface area contributed by atoms with Gasteiger partial charge in [0.1, 0.15) is 11.6 Å². The lowest BCUT2D eigenvalue weighted by Crippen LogP contribution is -2.28. The van der Waals surface area contributed by atoms with Gasteiger partial charge < -0.3 is 5.11 Å². The molecule has 0 aliphatic rings. The van der Waals surface area contributed by atoms with E-state index in [2.05, 4.69) is 5.10 Å². The number of halogens is 3. The molecule has 1 N–H and O–H groups in total. The molecule has 0 spiro atoms. The first-order valence-corrected chi connectivity index (χ1v) is 9.56. The van der Waals surface area contributed by atoms with E-state index < -0.39 is 17.2 Å². The number of aryl methyl sites for hydroxylation is 1. The van der Waals surface area contributed by atoms with E-state index in [1.165, 1.54) is 24.3 Å². The summed E-state index contributed by atoms with van der Waals surface area (Å²) in [5, 5.41) is 24.3. The predicted octanol–water partition coefficient (Wildman–Crippen LogP) is 5.24. The van der Waals surface area contributed by atoms with Crippen molar-refractivity contribution in [1.29, 1.82) is 5.26 Å². The minimum atomic E-state index is -1.40. The number of carbonyl (C=O) groups is 1. The molecule has 1 heterocycles. The molecule has 0 bridgehead atoms. The Bertz CT molecular complexity index is 1310. The highest BCUT2D eigenvalue weighted by Gasteiger charge is 2.21. The standard InChI is InChI=1S/C21H12Cl3N3O3/c1-11-2-6-14(9-17(11)23)27-20(28)16(10-25)15(19(26-27)21(29)30)7-4-12-3-5-13(22)8-18(12)24/h2-9H,1H3,(H,29,30)/b7-4-. The topological polar surface area (TPSA) is 96.0 Å². The van der Waals surface area contributed by atoms with E-state index in [9.17, 15) is 20.0 Å². The molecule has 0 saturated heterocycles. The minimum absolute atomic E-state index is 0.129. The van der Waals surface area contributed by atoms with Crippen molar-refractivity contribution in [3.05, 3.63) is 89.8 Å². The van der Waals surface area contributed by atoms with Crippen molar-refractivity contribution in [2.45, 2.75) is 6.92 Å². The Morgan fingerprint density at radius 1 is 1.13 bits per heavy atom. The number of aromatic carboxylic acids is 1. The summed E-state index contributed by atoms with van der Waals surface area (Å²) in [6.45, 7) is 1.78. The average Bonchev–Trinajstić information content (AvgIpc) is 2.69. The molecule has 1 aromatic heterocycles. The summed E-state index contributed by atoms with van der Waals surface area (Å²) in [7, 11) is 0. The van der Waals surface area contributed by atoms with E-state index in [-0.39, 0.29) is 16.8 Å². The number of rotatable bonds is 4. The second-order valence-corrected chi connectivity index (χ2v) is 7.45. The molecule has 0 radical (unpaired) electrons. The normalized spacial score (nSPS) is 10.9. The molecule has 0 aliphatic heterocycles. The zero-order chi connectivity index (χ0) is 22.0. The molecule has 150 valence electrons. The number of hydrogen-bond donors (Lipinski definition) is 1. The fraction of sp³-hybridized carbons (Fsp3) is 0.0476. The molecule has 9 heteroatoms. The Labute approximate surface area is 186 Å². The Morgan fingerprint density at radius 2 is 1.87 bits per heavy atom. The average molecular weight is 461 g/mol. The zero-order valence-electron chi connectivity index (χ0n) is 15.4. The van der Waals surface area contributed by atoms with Gasteiger partial charge in [-0.15, -0.1) is 0 Å². The Kier molecular flexibility index (Phi) is 6.28. The van der Waals surface area contributed by atoms with Crippen LogP contribution in [0.15, 0.2) is 41.2 Å². The molecular formula is C21H12Cl3N3O3. The third-order valence-corrected chi connectivity index (χ3v) is 5.21. The van der Waals surface area contributed by atoms with Crippen molar-refractivity contribution in [1.82, 2.24) is 9.78 Å². The lowest BCUT2D eigenvalue weighted by molar-refractivity contribution is 0.0688. The van der Waals surface area contributed by atoms with Gasteiger partial charge in [-0.1, -0.05) is 59.1 Å². The van der Waals surface area contributed by atoms with E-state index in [1.807, 2.05) is 0 Å². The molecule has 3 rings (SSSR count). The van der Waals surface area contributed by atoms with Crippen LogP contribution >= 0.6 is 34.8 Å². The number of aromatic nitrogens is 2. The van der Waals surface area contributed by atoms with Crippen LogP contribution in [-0.2, 0) is 0 Å². The van der Waals surface area contributed by atoms with Crippen LogP contribution in [-0.4, -0.2) is 20.9 Å². The van der Waals surface area contributed by atoms with E-state index >= 15 is 0 Å². The quantitative estimate of drug-likeness (QED) is 0.574. The molecule has 0 saturated carbocycles. The van der Waals surface area contributed by atoms with Crippen LogP contribution < -0.4 is 5.56 Å². The second-order valence-electron chi connectivity index (χ2n) is 6.20. The van der Waals surface area contributed by atoms with Crippen molar-refractivity contribution in [3.63, 3.8) is 0 Å². The van der Waals surface area contributed by atoms with Crippen molar-refractivity contribution >= 4 is 52.9 Å². The molecule has 2 aromatic carbocycles. The first-order chi connectivity index (χ1) is 14.2. The molecular weight excluding hydrogens is 449 g/mol. The fourth-order valence-corrected chi connectivity index (χ4v) is 3.31. The van der Waals surface area contributed by atoms with Crippen molar-refractivity contribution in [2.75, 3.05) is 0 Å². The highest BCUT2D eigenvalue weighted by atomic mass is 35.5. The van der Waals surface area contributed by atoms with Gasteiger partial charge in [0.15, 0.2) is 5.69 Å². The summed E-state index contributed by atoms with van der Waals surface area (Å²) < 4.78 is 0.847. The maximum atomic E-state index is 12.9.